The molecule has 0 bridgehead atoms. The zero-order valence-corrected chi connectivity index (χ0v) is 16.4. The third-order valence-corrected chi connectivity index (χ3v) is 4.63. The maximum atomic E-state index is 12.4. The second kappa shape index (κ2) is 8.69. The van der Waals surface area contributed by atoms with Gasteiger partial charge in [0.15, 0.2) is 0 Å². The van der Waals surface area contributed by atoms with Crippen LogP contribution in [0.3, 0.4) is 0 Å². The number of hydrogen-bond acceptors (Lipinski definition) is 6. The molecule has 8 nitrogen and oxygen atoms in total. The molecular formula is C20H25N5O3. The molecule has 0 radical (unpaired) electrons. The number of carbonyl (C=O) groups excluding carboxylic acids is 2. The number of aryl methyl sites for hydroxylation is 2. The van der Waals surface area contributed by atoms with E-state index in [1.54, 1.807) is 18.0 Å². The number of benzene rings is 1. The number of carbonyl (C=O) groups is 2. The van der Waals surface area contributed by atoms with Gasteiger partial charge < -0.3 is 19.9 Å². The van der Waals surface area contributed by atoms with E-state index in [9.17, 15) is 9.59 Å². The highest BCUT2D eigenvalue weighted by molar-refractivity contribution is 6.03. The van der Waals surface area contributed by atoms with Crippen LogP contribution in [0.5, 0.6) is 0 Å². The van der Waals surface area contributed by atoms with Gasteiger partial charge >= 0.3 is 6.09 Å². The Bertz CT molecular complexity index is 845. The molecule has 1 saturated heterocycles. The van der Waals surface area contributed by atoms with Gasteiger partial charge in [0.25, 0.3) is 5.91 Å². The summed E-state index contributed by atoms with van der Waals surface area (Å²) in [4.78, 5) is 36.6. The van der Waals surface area contributed by atoms with Crippen molar-refractivity contribution in [2.24, 2.45) is 0 Å². The summed E-state index contributed by atoms with van der Waals surface area (Å²) in [6.07, 6.45) is 2.79. The largest absolute Gasteiger partial charge is 0.450 e. The van der Waals surface area contributed by atoms with Crippen molar-refractivity contribution in [1.82, 2.24) is 14.9 Å². The van der Waals surface area contributed by atoms with Crippen molar-refractivity contribution in [1.29, 1.82) is 0 Å². The Labute approximate surface area is 164 Å². The molecule has 8 heteroatoms. The Hall–Kier alpha value is -3.16. The zero-order valence-electron chi connectivity index (χ0n) is 16.4. The minimum Gasteiger partial charge on any atom is -0.450 e. The fraction of sp³-hybridized carbons (Fsp3) is 0.400. The molecule has 0 spiro atoms. The van der Waals surface area contributed by atoms with E-state index >= 15 is 0 Å². The number of piperazine rings is 1. The van der Waals surface area contributed by atoms with Crippen LogP contribution in [-0.4, -0.2) is 59.7 Å². The number of aromatic nitrogens is 2. The molecule has 1 aromatic heterocycles. The summed E-state index contributed by atoms with van der Waals surface area (Å²) in [7, 11) is 0. The first-order valence-electron chi connectivity index (χ1n) is 9.35. The van der Waals surface area contributed by atoms with Crippen molar-refractivity contribution in [2.75, 3.05) is 43.0 Å². The van der Waals surface area contributed by atoms with E-state index in [-0.39, 0.29) is 17.7 Å². The summed E-state index contributed by atoms with van der Waals surface area (Å²) in [5.41, 5.74) is 3.16. The lowest BCUT2D eigenvalue weighted by molar-refractivity contribution is 0.101. The van der Waals surface area contributed by atoms with Crippen molar-refractivity contribution >= 4 is 23.5 Å². The standard InChI is InChI=1S/C20H25N5O3/c1-4-28-20(27)25-9-7-24(8-10-25)18-13-21-17(12-22-18)19(26)23-16-6-5-14(2)11-15(16)3/h5-6,11-13H,4,7-10H2,1-3H3,(H,23,26). The normalized spacial score (nSPS) is 14.0. The van der Waals surface area contributed by atoms with Crippen LogP contribution in [0.4, 0.5) is 16.3 Å². The van der Waals surface area contributed by atoms with Gasteiger partial charge in [0.2, 0.25) is 0 Å². The van der Waals surface area contributed by atoms with Gasteiger partial charge in [-0.3, -0.25) is 4.79 Å². The van der Waals surface area contributed by atoms with Crippen molar-refractivity contribution in [3.05, 3.63) is 47.4 Å². The Morgan fingerprint density at radius 3 is 2.46 bits per heavy atom. The third kappa shape index (κ3) is 4.57. The van der Waals surface area contributed by atoms with Crippen molar-refractivity contribution in [3.8, 4) is 0 Å². The summed E-state index contributed by atoms with van der Waals surface area (Å²) in [6.45, 7) is 8.54. The molecule has 1 fully saturated rings. The Balaban J connectivity index is 1.59. The highest BCUT2D eigenvalue weighted by Gasteiger charge is 2.23. The van der Waals surface area contributed by atoms with E-state index in [0.717, 1.165) is 16.8 Å². The molecule has 1 aliphatic rings. The highest BCUT2D eigenvalue weighted by atomic mass is 16.6. The highest BCUT2D eigenvalue weighted by Crippen LogP contribution is 2.17. The summed E-state index contributed by atoms with van der Waals surface area (Å²) in [5, 5.41) is 2.87. The van der Waals surface area contributed by atoms with Crippen LogP contribution in [0.2, 0.25) is 0 Å². The quantitative estimate of drug-likeness (QED) is 0.873. The van der Waals surface area contributed by atoms with Crippen LogP contribution >= 0.6 is 0 Å². The van der Waals surface area contributed by atoms with Gasteiger partial charge in [0.1, 0.15) is 11.5 Å². The summed E-state index contributed by atoms with van der Waals surface area (Å²) in [5.74, 6) is 0.393. The van der Waals surface area contributed by atoms with E-state index in [0.29, 0.717) is 38.6 Å². The van der Waals surface area contributed by atoms with Crippen LogP contribution in [-0.2, 0) is 4.74 Å². The first kappa shape index (κ1) is 19.6. The molecule has 0 saturated carbocycles. The summed E-state index contributed by atoms with van der Waals surface area (Å²) >= 11 is 0. The Morgan fingerprint density at radius 1 is 1.11 bits per heavy atom. The molecule has 0 atom stereocenters. The first-order chi connectivity index (χ1) is 13.5. The van der Waals surface area contributed by atoms with Crippen LogP contribution in [0, 0.1) is 13.8 Å². The number of ether oxygens (including phenoxy) is 1. The SMILES string of the molecule is CCOC(=O)N1CCN(c2cnc(C(=O)Nc3ccc(C)cc3C)cn2)CC1. The Morgan fingerprint density at radius 2 is 1.86 bits per heavy atom. The van der Waals surface area contributed by atoms with E-state index in [1.807, 2.05) is 36.9 Å². The minimum absolute atomic E-state index is 0.258. The average Bonchev–Trinajstić information content (AvgIpc) is 2.70. The van der Waals surface area contributed by atoms with Crippen LogP contribution < -0.4 is 10.2 Å². The van der Waals surface area contributed by atoms with Gasteiger partial charge in [-0.2, -0.15) is 0 Å². The van der Waals surface area contributed by atoms with E-state index in [2.05, 4.69) is 15.3 Å². The second-order valence-corrected chi connectivity index (χ2v) is 6.71. The molecule has 2 amide bonds. The maximum absolute atomic E-state index is 12.4. The van der Waals surface area contributed by atoms with Gasteiger partial charge in [-0.25, -0.2) is 14.8 Å². The lowest BCUT2D eigenvalue weighted by Gasteiger charge is -2.34. The monoisotopic (exact) mass is 383 g/mol. The summed E-state index contributed by atoms with van der Waals surface area (Å²) < 4.78 is 5.02. The number of amides is 2. The van der Waals surface area contributed by atoms with E-state index in [4.69, 9.17) is 4.74 Å². The number of hydrogen-bond donors (Lipinski definition) is 1. The van der Waals surface area contributed by atoms with Gasteiger partial charge in [0, 0.05) is 31.9 Å². The lowest BCUT2D eigenvalue weighted by Crippen LogP contribution is -2.49. The molecule has 2 heterocycles. The fourth-order valence-electron chi connectivity index (χ4n) is 3.07. The lowest BCUT2D eigenvalue weighted by atomic mass is 10.1. The van der Waals surface area contributed by atoms with Gasteiger partial charge in [-0.05, 0) is 32.4 Å². The number of nitrogens with one attached hydrogen (secondary N) is 1. The topological polar surface area (TPSA) is 87.7 Å². The molecule has 1 N–H and O–H groups in total. The number of anilines is 2. The van der Waals surface area contributed by atoms with E-state index in [1.165, 1.54) is 6.20 Å². The van der Waals surface area contributed by atoms with E-state index < -0.39 is 0 Å². The molecular weight excluding hydrogens is 358 g/mol. The predicted octanol–water partition coefficient (Wildman–Crippen LogP) is 2.62. The molecule has 1 aliphatic heterocycles. The van der Waals surface area contributed by atoms with Crippen molar-refractivity contribution in [3.63, 3.8) is 0 Å². The second-order valence-electron chi connectivity index (χ2n) is 6.71. The van der Waals surface area contributed by atoms with Crippen molar-refractivity contribution in [2.45, 2.75) is 20.8 Å². The zero-order chi connectivity index (χ0) is 20.1. The van der Waals surface area contributed by atoms with Crippen LogP contribution in [0.25, 0.3) is 0 Å². The number of rotatable bonds is 4. The van der Waals surface area contributed by atoms with Gasteiger partial charge in [-0.1, -0.05) is 17.7 Å². The van der Waals surface area contributed by atoms with Crippen LogP contribution in [0.15, 0.2) is 30.6 Å². The van der Waals surface area contributed by atoms with Crippen molar-refractivity contribution < 1.29 is 14.3 Å². The molecule has 2 aromatic rings. The molecule has 28 heavy (non-hydrogen) atoms. The molecule has 0 aliphatic carbocycles. The maximum Gasteiger partial charge on any atom is 0.409 e. The Kier molecular flexibility index (Phi) is 6.08. The summed E-state index contributed by atoms with van der Waals surface area (Å²) in [6, 6.07) is 5.85. The molecule has 1 aromatic carbocycles. The van der Waals surface area contributed by atoms with Crippen LogP contribution in [0.1, 0.15) is 28.5 Å². The third-order valence-electron chi connectivity index (χ3n) is 4.63. The van der Waals surface area contributed by atoms with Gasteiger partial charge in [-0.15, -0.1) is 0 Å². The van der Waals surface area contributed by atoms with Gasteiger partial charge in [0.05, 0.1) is 19.0 Å². The average molecular weight is 383 g/mol. The minimum atomic E-state index is -0.293. The fourth-order valence-corrected chi connectivity index (χ4v) is 3.07. The number of nitrogens with zero attached hydrogens (tertiary/aromatic N) is 4. The molecule has 0 unspecified atom stereocenters. The first-order valence-corrected chi connectivity index (χ1v) is 9.35. The molecule has 148 valence electrons. The smallest absolute Gasteiger partial charge is 0.409 e. The predicted molar refractivity (Wildman–Crippen MR) is 107 cm³/mol. The molecule has 3 rings (SSSR count).